The fraction of sp³-hybridized carbons (Fsp3) is 0.227. The van der Waals surface area contributed by atoms with Crippen LogP contribution in [0.2, 0.25) is 0 Å². The van der Waals surface area contributed by atoms with Gasteiger partial charge in [-0.15, -0.1) is 0 Å². The van der Waals surface area contributed by atoms with Gasteiger partial charge in [-0.25, -0.2) is 5.10 Å². The zero-order valence-corrected chi connectivity index (χ0v) is 15.8. The van der Waals surface area contributed by atoms with Gasteiger partial charge in [0.1, 0.15) is 5.75 Å². The maximum Gasteiger partial charge on any atom is 0.264 e. The second-order valence-electron chi connectivity index (χ2n) is 6.38. The monoisotopic (exact) mass is 377 g/mol. The van der Waals surface area contributed by atoms with E-state index in [1.54, 1.807) is 6.07 Å². The molecule has 3 rings (SSSR count). The average Bonchev–Trinajstić information content (AvgIpc) is 2.72. The van der Waals surface area contributed by atoms with Gasteiger partial charge in [0, 0.05) is 23.7 Å². The summed E-state index contributed by atoms with van der Waals surface area (Å²) in [6.07, 6.45) is 2.00. The summed E-state index contributed by atoms with van der Waals surface area (Å²) in [4.78, 5) is 23.3. The largest absolute Gasteiger partial charge is 0.494 e. The van der Waals surface area contributed by atoms with Crippen LogP contribution >= 0.6 is 0 Å². The van der Waals surface area contributed by atoms with Crippen LogP contribution in [-0.4, -0.2) is 22.7 Å². The zero-order valence-electron chi connectivity index (χ0n) is 15.8. The topological polar surface area (TPSA) is 84.1 Å². The number of hydrogen-bond acceptors (Lipinski definition) is 4. The molecule has 0 spiro atoms. The van der Waals surface area contributed by atoms with E-state index in [-0.39, 0.29) is 11.5 Å². The Morgan fingerprint density at radius 3 is 2.64 bits per heavy atom. The van der Waals surface area contributed by atoms with Crippen LogP contribution < -0.4 is 15.6 Å². The van der Waals surface area contributed by atoms with E-state index in [0.717, 1.165) is 17.7 Å². The lowest BCUT2D eigenvalue weighted by molar-refractivity contribution is -0.116. The van der Waals surface area contributed by atoms with Crippen LogP contribution in [0.5, 0.6) is 5.75 Å². The van der Waals surface area contributed by atoms with Gasteiger partial charge in [0.2, 0.25) is 5.91 Å². The van der Waals surface area contributed by atoms with Crippen LogP contribution in [0.25, 0.3) is 11.3 Å². The molecular weight excluding hydrogens is 354 g/mol. The highest BCUT2D eigenvalue weighted by Crippen LogP contribution is 2.20. The van der Waals surface area contributed by atoms with Crippen LogP contribution in [0, 0.1) is 0 Å². The minimum Gasteiger partial charge on any atom is -0.494 e. The van der Waals surface area contributed by atoms with Crippen molar-refractivity contribution in [3.05, 3.63) is 76.6 Å². The first kappa shape index (κ1) is 19.4. The molecule has 2 aromatic carbocycles. The van der Waals surface area contributed by atoms with E-state index < -0.39 is 0 Å². The third-order valence-electron chi connectivity index (χ3n) is 4.27. The number of nitrogens with one attached hydrogen (secondary N) is 2. The van der Waals surface area contributed by atoms with E-state index in [2.05, 4.69) is 22.4 Å². The number of amides is 1. The molecule has 0 fully saturated rings. The van der Waals surface area contributed by atoms with Crippen molar-refractivity contribution in [1.29, 1.82) is 0 Å². The summed E-state index contributed by atoms with van der Waals surface area (Å²) in [6.45, 7) is 2.60. The van der Waals surface area contributed by atoms with Gasteiger partial charge in [-0.05, 0) is 48.7 Å². The smallest absolute Gasteiger partial charge is 0.264 e. The number of hydrogen-bond donors (Lipinski definition) is 2. The van der Waals surface area contributed by atoms with Crippen molar-refractivity contribution >= 4 is 11.6 Å². The molecule has 0 radical (unpaired) electrons. The first-order valence-corrected chi connectivity index (χ1v) is 9.32. The van der Waals surface area contributed by atoms with Crippen LogP contribution in [0.1, 0.15) is 25.3 Å². The van der Waals surface area contributed by atoms with E-state index in [4.69, 9.17) is 4.74 Å². The van der Waals surface area contributed by atoms with E-state index in [1.807, 2.05) is 48.5 Å². The quantitative estimate of drug-likeness (QED) is 0.585. The number of ether oxygens (including phenoxy) is 1. The molecule has 1 heterocycles. The zero-order chi connectivity index (χ0) is 19.8. The van der Waals surface area contributed by atoms with Crippen molar-refractivity contribution in [3.8, 4) is 17.0 Å². The number of carbonyl (C=O) groups is 1. The Bertz CT molecular complexity index is 960. The number of benzene rings is 2. The highest BCUT2D eigenvalue weighted by Gasteiger charge is 2.05. The average molecular weight is 377 g/mol. The van der Waals surface area contributed by atoms with Gasteiger partial charge < -0.3 is 10.1 Å². The fourth-order valence-electron chi connectivity index (χ4n) is 2.73. The van der Waals surface area contributed by atoms with E-state index >= 15 is 0 Å². The molecule has 1 aromatic heterocycles. The number of aromatic nitrogens is 2. The molecule has 0 saturated carbocycles. The Kier molecular flexibility index (Phi) is 6.57. The number of anilines is 1. The van der Waals surface area contributed by atoms with Gasteiger partial charge in [-0.2, -0.15) is 5.10 Å². The fourth-order valence-corrected chi connectivity index (χ4v) is 2.73. The molecule has 6 heteroatoms. The summed E-state index contributed by atoms with van der Waals surface area (Å²) in [5.74, 6) is 0.746. The summed E-state index contributed by atoms with van der Waals surface area (Å²) in [5.41, 5.74) is 3.15. The molecule has 0 bridgehead atoms. The first-order chi connectivity index (χ1) is 13.6. The Balaban J connectivity index is 1.47. The summed E-state index contributed by atoms with van der Waals surface area (Å²) in [5, 5.41) is 9.29. The molecule has 0 aliphatic carbocycles. The molecule has 28 heavy (non-hydrogen) atoms. The highest BCUT2D eigenvalue weighted by atomic mass is 16.5. The lowest BCUT2D eigenvalue weighted by Crippen LogP contribution is -2.13. The van der Waals surface area contributed by atoms with Crippen LogP contribution in [-0.2, 0) is 11.2 Å². The van der Waals surface area contributed by atoms with Crippen molar-refractivity contribution in [2.45, 2.75) is 26.2 Å². The number of nitrogens with zero attached hydrogens (tertiary/aromatic N) is 1. The van der Waals surface area contributed by atoms with E-state index in [0.29, 0.717) is 30.8 Å². The lowest BCUT2D eigenvalue weighted by Gasteiger charge is -2.09. The summed E-state index contributed by atoms with van der Waals surface area (Å²) >= 11 is 0. The number of aromatic amines is 1. The summed E-state index contributed by atoms with van der Waals surface area (Å²) in [7, 11) is 0. The normalized spacial score (nSPS) is 10.5. The second-order valence-corrected chi connectivity index (χ2v) is 6.38. The summed E-state index contributed by atoms with van der Waals surface area (Å²) in [6, 6.07) is 18.4. The number of aryl methyl sites for hydroxylation is 1. The second kappa shape index (κ2) is 9.50. The molecule has 1 amide bonds. The molecule has 3 aromatic rings. The minimum atomic E-state index is -0.253. The van der Waals surface area contributed by atoms with Gasteiger partial charge >= 0.3 is 0 Å². The molecular formula is C22H23N3O3. The predicted molar refractivity (Wildman–Crippen MR) is 109 cm³/mol. The van der Waals surface area contributed by atoms with Crippen molar-refractivity contribution in [1.82, 2.24) is 10.2 Å². The minimum absolute atomic E-state index is 0.0727. The Morgan fingerprint density at radius 2 is 1.93 bits per heavy atom. The predicted octanol–water partition coefficient (Wildman–Crippen LogP) is 3.80. The van der Waals surface area contributed by atoms with Crippen molar-refractivity contribution in [3.63, 3.8) is 0 Å². The van der Waals surface area contributed by atoms with E-state index in [9.17, 15) is 9.59 Å². The molecule has 0 unspecified atom stereocenters. The lowest BCUT2D eigenvalue weighted by atomic mass is 10.1. The molecule has 144 valence electrons. The number of rotatable bonds is 8. The summed E-state index contributed by atoms with van der Waals surface area (Å²) < 4.78 is 5.68. The van der Waals surface area contributed by atoms with E-state index in [1.165, 1.54) is 11.6 Å². The molecule has 0 saturated heterocycles. The van der Waals surface area contributed by atoms with Gasteiger partial charge in [0.25, 0.3) is 5.56 Å². The van der Waals surface area contributed by atoms with Gasteiger partial charge in [0.05, 0.1) is 12.3 Å². The molecule has 0 aliphatic heterocycles. The van der Waals surface area contributed by atoms with Crippen molar-refractivity contribution < 1.29 is 9.53 Å². The Labute approximate surface area is 163 Å². The highest BCUT2D eigenvalue weighted by molar-refractivity contribution is 5.91. The SMILES string of the molecule is CCc1ccc(OCCCC(=O)Nc2cccc(-c3ccc(=O)[nH]n3)c2)cc1. The first-order valence-electron chi connectivity index (χ1n) is 9.32. The maximum absolute atomic E-state index is 12.2. The number of H-pyrrole nitrogens is 1. The van der Waals surface area contributed by atoms with Crippen LogP contribution in [0.3, 0.4) is 0 Å². The standard InChI is InChI=1S/C22H23N3O3/c1-2-16-8-10-19(11-9-16)28-14-4-7-21(26)23-18-6-3-5-17(15-18)20-12-13-22(27)25-24-20/h3,5-6,8-13,15H,2,4,7,14H2,1H3,(H,23,26)(H,25,27). The van der Waals surface area contributed by atoms with Gasteiger partial charge in [0.15, 0.2) is 0 Å². The van der Waals surface area contributed by atoms with Crippen molar-refractivity contribution in [2.75, 3.05) is 11.9 Å². The van der Waals surface area contributed by atoms with Crippen LogP contribution in [0.15, 0.2) is 65.5 Å². The third-order valence-corrected chi connectivity index (χ3v) is 4.27. The number of carbonyl (C=O) groups excluding carboxylic acids is 1. The molecule has 0 atom stereocenters. The Hall–Kier alpha value is -3.41. The maximum atomic E-state index is 12.2. The van der Waals surface area contributed by atoms with Crippen molar-refractivity contribution in [2.24, 2.45) is 0 Å². The van der Waals surface area contributed by atoms with Gasteiger partial charge in [-0.1, -0.05) is 31.2 Å². The van der Waals surface area contributed by atoms with Crippen LogP contribution in [0.4, 0.5) is 5.69 Å². The Morgan fingerprint density at radius 1 is 1.11 bits per heavy atom. The van der Waals surface area contributed by atoms with Gasteiger partial charge in [-0.3, -0.25) is 9.59 Å². The molecule has 0 aliphatic rings. The third kappa shape index (κ3) is 5.54. The molecule has 6 nitrogen and oxygen atoms in total. The molecule has 2 N–H and O–H groups in total.